The van der Waals surface area contributed by atoms with Crippen LogP contribution in [-0.2, 0) is 4.79 Å². The van der Waals surface area contributed by atoms with Crippen LogP contribution >= 0.6 is 11.8 Å². The predicted octanol–water partition coefficient (Wildman–Crippen LogP) is 6.36. The summed E-state index contributed by atoms with van der Waals surface area (Å²) < 4.78 is 11.3. The average molecular weight is 373 g/mol. The minimum absolute atomic E-state index is 0.199. The number of ether oxygens (including phenoxy) is 2. The van der Waals surface area contributed by atoms with E-state index in [2.05, 4.69) is 0 Å². The first kappa shape index (κ1) is 20.4. The van der Waals surface area contributed by atoms with Crippen LogP contribution < -0.4 is 9.47 Å². The van der Waals surface area contributed by atoms with Crippen molar-refractivity contribution in [1.29, 1.82) is 0 Å². The fraction of sp³-hybridized carbons (Fsp3) is 0.409. The van der Waals surface area contributed by atoms with Crippen LogP contribution in [0.2, 0.25) is 0 Å². The molecular formula is C22H28O3S. The summed E-state index contributed by atoms with van der Waals surface area (Å²) in [5, 5.41) is 0. The molecule has 0 aliphatic heterocycles. The van der Waals surface area contributed by atoms with Gasteiger partial charge in [-0.05, 0) is 89.6 Å². The summed E-state index contributed by atoms with van der Waals surface area (Å²) in [4.78, 5) is 14.3. The topological polar surface area (TPSA) is 35.5 Å². The number of benzene rings is 2. The fourth-order valence-electron chi connectivity index (χ4n) is 2.03. The van der Waals surface area contributed by atoms with Gasteiger partial charge >= 0.3 is 5.97 Å². The smallest absolute Gasteiger partial charge is 0.316 e. The minimum Gasteiger partial charge on any atom is -0.488 e. The van der Waals surface area contributed by atoms with E-state index in [1.165, 1.54) is 0 Å². The van der Waals surface area contributed by atoms with Crippen LogP contribution in [-0.4, -0.2) is 11.6 Å². The highest BCUT2D eigenvalue weighted by atomic mass is 32.2. The Morgan fingerprint density at radius 3 is 1.73 bits per heavy atom. The SMILES string of the molecule is CCC(C)(C)C(=O)Oc1ccc(Sc2ccc(OC(C)(C)C)cc2)cc1. The Kier molecular flexibility index (Phi) is 6.40. The van der Waals surface area contributed by atoms with Crippen molar-refractivity contribution in [3.8, 4) is 11.5 Å². The third-order valence-electron chi connectivity index (χ3n) is 3.95. The van der Waals surface area contributed by atoms with E-state index in [4.69, 9.17) is 9.47 Å². The average Bonchev–Trinajstić information content (AvgIpc) is 2.57. The number of hydrogen-bond donors (Lipinski definition) is 0. The van der Waals surface area contributed by atoms with Gasteiger partial charge in [-0.2, -0.15) is 0 Å². The van der Waals surface area contributed by atoms with Crippen molar-refractivity contribution in [2.75, 3.05) is 0 Å². The van der Waals surface area contributed by atoms with E-state index in [9.17, 15) is 4.79 Å². The molecule has 2 aromatic carbocycles. The van der Waals surface area contributed by atoms with Crippen LogP contribution in [0.15, 0.2) is 58.3 Å². The molecule has 140 valence electrons. The lowest BCUT2D eigenvalue weighted by Crippen LogP contribution is -2.28. The molecule has 0 bridgehead atoms. The summed E-state index contributed by atoms with van der Waals surface area (Å²) in [5.41, 5.74) is -0.668. The number of rotatable bonds is 6. The van der Waals surface area contributed by atoms with Crippen molar-refractivity contribution in [3.05, 3.63) is 48.5 Å². The summed E-state index contributed by atoms with van der Waals surface area (Å²) in [5.74, 6) is 1.24. The third-order valence-corrected chi connectivity index (χ3v) is 4.97. The van der Waals surface area contributed by atoms with Gasteiger partial charge in [-0.25, -0.2) is 0 Å². The third kappa shape index (κ3) is 6.10. The second-order valence-corrected chi connectivity index (χ2v) is 9.03. The molecule has 0 saturated carbocycles. The van der Waals surface area contributed by atoms with Crippen LogP contribution in [0.3, 0.4) is 0 Å². The molecule has 0 unspecified atom stereocenters. The number of carbonyl (C=O) groups excluding carboxylic acids is 1. The van der Waals surface area contributed by atoms with Crippen molar-refractivity contribution in [3.63, 3.8) is 0 Å². The molecule has 0 aliphatic rings. The Morgan fingerprint density at radius 2 is 1.31 bits per heavy atom. The van der Waals surface area contributed by atoms with Crippen molar-refractivity contribution in [2.45, 2.75) is 63.4 Å². The lowest BCUT2D eigenvalue weighted by Gasteiger charge is -2.21. The van der Waals surface area contributed by atoms with E-state index in [1.807, 2.05) is 90.1 Å². The second kappa shape index (κ2) is 8.17. The van der Waals surface area contributed by atoms with Gasteiger partial charge in [-0.3, -0.25) is 4.79 Å². The van der Waals surface area contributed by atoms with Gasteiger partial charge in [0, 0.05) is 9.79 Å². The number of hydrogen-bond acceptors (Lipinski definition) is 4. The van der Waals surface area contributed by atoms with Crippen molar-refractivity contribution in [2.24, 2.45) is 5.41 Å². The summed E-state index contributed by atoms with van der Waals surface area (Å²) in [6, 6.07) is 15.7. The highest BCUT2D eigenvalue weighted by Gasteiger charge is 2.27. The Hall–Kier alpha value is -1.94. The molecule has 0 aromatic heterocycles. The van der Waals surface area contributed by atoms with E-state index in [0.717, 1.165) is 22.0 Å². The molecule has 0 radical (unpaired) electrons. The highest BCUT2D eigenvalue weighted by Crippen LogP contribution is 2.31. The zero-order valence-electron chi connectivity index (χ0n) is 16.5. The first-order valence-electron chi connectivity index (χ1n) is 8.88. The predicted molar refractivity (Wildman–Crippen MR) is 107 cm³/mol. The molecule has 3 nitrogen and oxygen atoms in total. The maximum Gasteiger partial charge on any atom is 0.316 e. The normalized spacial score (nSPS) is 11.9. The van der Waals surface area contributed by atoms with Crippen LogP contribution in [0.4, 0.5) is 0 Å². The maximum absolute atomic E-state index is 12.1. The molecule has 26 heavy (non-hydrogen) atoms. The molecule has 4 heteroatoms. The number of carbonyl (C=O) groups is 1. The lowest BCUT2D eigenvalue weighted by atomic mass is 9.91. The first-order chi connectivity index (χ1) is 12.1. The molecule has 0 heterocycles. The molecule has 0 N–H and O–H groups in total. The minimum atomic E-state index is -0.468. The zero-order valence-corrected chi connectivity index (χ0v) is 17.3. The summed E-state index contributed by atoms with van der Waals surface area (Å²) in [7, 11) is 0. The number of esters is 1. The molecule has 0 atom stereocenters. The Bertz CT molecular complexity index is 725. The van der Waals surface area contributed by atoms with Crippen LogP contribution in [0.25, 0.3) is 0 Å². The monoisotopic (exact) mass is 372 g/mol. The second-order valence-electron chi connectivity index (χ2n) is 7.89. The van der Waals surface area contributed by atoms with Gasteiger partial charge in [-0.15, -0.1) is 0 Å². The van der Waals surface area contributed by atoms with E-state index in [-0.39, 0.29) is 11.6 Å². The van der Waals surface area contributed by atoms with Crippen LogP contribution in [0.5, 0.6) is 11.5 Å². The zero-order chi connectivity index (χ0) is 19.4. The van der Waals surface area contributed by atoms with E-state index in [1.54, 1.807) is 11.8 Å². The molecule has 0 saturated heterocycles. The summed E-state index contributed by atoms with van der Waals surface area (Å²) in [6.45, 7) is 11.9. The quantitative estimate of drug-likeness (QED) is 0.437. The van der Waals surface area contributed by atoms with Gasteiger partial charge in [0.25, 0.3) is 0 Å². The van der Waals surface area contributed by atoms with Crippen molar-refractivity contribution >= 4 is 17.7 Å². The molecule has 2 aromatic rings. The molecule has 2 rings (SSSR count). The van der Waals surface area contributed by atoms with Gasteiger partial charge in [0.05, 0.1) is 5.41 Å². The Balaban J connectivity index is 1.98. The van der Waals surface area contributed by atoms with Crippen molar-refractivity contribution < 1.29 is 14.3 Å². The largest absolute Gasteiger partial charge is 0.488 e. The summed E-state index contributed by atoms with van der Waals surface area (Å²) >= 11 is 1.66. The molecule has 0 amide bonds. The molecule has 0 fully saturated rings. The van der Waals surface area contributed by atoms with Crippen LogP contribution in [0, 0.1) is 5.41 Å². The maximum atomic E-state index is 12.1. The Morgan fingerprint density at radius 1 is 0.846 bits per heavy atom. The van der Waals surface area contributed by atoms with Gasteiger partial charge in [0.2, 0.25) is 0 Å². The first-order valence-corrected chi connectivity index (χ1v) is 9.70. The standard InChI is InChI=1S/C22H28O3S/c1-7-22(5,6)20(23)24-16-8-12-18(13-9-16)26-19-14-10-17(11-15-19)25-21(2,3)4/h8-15H,7H2,1-6H3. The highest BCUT2D eigenvalue weighted by molar-refractivity contribution is 7.99. The van der Waals surface area contributed by atoms with Gasteiger partial charge in [-0.1, -0.05) is 18.7 Å². The van der Waals surface area contributed by atoms with E-state index < -0.39 is 5.41 Å². The molecule has 0 spiro atoms. The summed E-state index contributed by atoms with van der Waals surface area (Å²) in [6.07, 6.45) is 0.745. The lowest BCUT2D eigenvalue weighted by molar-refractivity contribution is -0.144. The van der Waals surface area contributed by atoms with Gasteiger partial charge in [0.15, 0.2) is 0 Å². The van der Waals surface area contributed by atoms with Crippen molar-refractivity contribution in [1.82, 2.24) is 0 Å². The molecular weight excluding hydrogens is 344 g/mol. The van der Waals surface area contributed by atoms with E-state index >= 15 is 0 Å². The van der Waals surface area contributed by atoms with E-state index in [0.29, 0.717) is 5.75 Å². The fourth-order valence-corrected chi connectivity index (χ4v) is 2.85. The van der Waals surface area contributed by atoms with Gasteiger partial charge in [0.1, 0.15) is 17.1 Å². The Labute approximate surface area is 161 Å². The van der Waals surface area contributed by atoms with Crippen LogP contribution in [0.1, 0.15) is 48.0 Å². The van der Waals surface area contributed by atoms with Gasteiger partial charge < -0.3 is 9.47 Å². The molecule has 0 aliphatic carbocycles.